The molecule has 100 valence electrons. The van der Waals surface area contributed by atoms with Gasteiger partial charge in [0.1, 0.15) is 11.6 Å². The molecule has 0 saturated heterocycles. The zero-order chi connectivity index (χ0) is 14.4. The first-order valence-corrected chi connectivity index (χ1v) is 6.40. The van der Waals surface area contributed by atoms with E-state index in [0.717, 1.165) is 11.3 Å². The number of hydrogen-bond donors (Lipinski definition) is 1. The minimum atomic E-state index is -0.376. The van der Waals surface area contributed by atoms with Gasteiger partial charge >= 0.3 is 0 Å². The summed E-state index contributed by atoms with van der Waals surface area (Å²) in [5.74, 6) is -0.376. The van der Waals surface area contributed by atoms with E-state index >= 15 is 0 Å². The van der Waals surface area contributed by atoms with E-state index in [0.29, 0.717) is 6.42 Å². The van der Waals surface area contributed by atoms with E-state index < -0.39 is 0 Å². The number of benzene rings is 1. The van der Waals surface area contributed by atoms with Crippen LogP contribution in [0.1, 0.15) is 24.9 Å². The minimum Gasteiger partial charge on any atom is -0.345 e. The molecule has 4 heteroatoms. The average molecular weight is 265 g/mol. The molecule has 0 unspecified atom stereocenters. The number of carbonyl (C=O) groups is 1. The molecule has 0 radical (unpaired) electrons. The van der Waals surface area contributed by atoms with E-state index in [9.17, 15) is 4.79 Å². The maximum absolute atomic E-state index is 12.1. The lowest BCUT2D eigenvalue weighted by Gasteiger charge is -2.13. The van der Waals surface area contributed by atoms with Crippen LogP contribution >= 0.6 is 0 Å². The highest BCUT2D eigenvalue weighted by molar-refractivity contribution is 6.07. The smallest absolute Gasteiger partial charge is 0.262 e. The van der Waals surface area contributed by atoms with Crippen LogP contribution in [-0.4, -0.2) is 11.6 Å². The van der Waals surface area contributed by atoms with Gasteiger partial charge in [0.15, 0.2) is 0 Å². The predicted octanol–water partition coefficient (Wildman–Crippen LogP) is 2.67. The van der Waals surface area contributed by atoms with Crippen molar-refractivity contribution in [2.24, 2.45) is 4.99 Å². The molecule has 1 atom stereocenters. The normalized spacial score (nSPS) is 15.4. The molecule has 1 aromatic rings. The number of aliphatic imine (C=N–C) groups is 1. The first-order chi connectivity index (χ1) is 9.70. The molecule has 0 spiro atoms. The molecular formula is C16H15N3O. The molecule has 1 aromatic carbocycles. The second-order valence-corrected chi connectivity index (χ2v) is 4.48. The second kappa shape index (κ2) is 6.48. The highest BCUT2D eigenvalue weighted by Crippen LogP contribution is 2.12. The van der Waals surface area contributed by atoms with Gasteiger partial charge in [0.2, 0.25) is 0 Å². The van der Waals surface area contributed by atoms with Gasteiger partial charge in [-0.25, -0.2) is 0 Å². The molecule has 2 rings (SSSR count). The Balaban J connectivity index is 2.05. The van der Waals surface area contributed by atoms with Crippen molar-refractivity contribution >= 4 is 11.6 Å². The minimum absolute atomic E-state index is 0.0789. The summed E-state index contributed by atoms with van der Waals surface area (Å²) >= 11 is 0. The van der Waals surface area contributed by atoms with Gasteiger partial charge in [-0.2, -0.15) is 5.26 Å². The van der Waals surface area contributed by atoms with Gasteiger partial charge in [-0.05, 0) is 18.6 Å². The molecule has 0 fully saturated rings. The Morgan fingerprint density at radius 3 is 2.80 bits per heavy atom. The molecule has 1 aliphatic heterocycles. The van der Waals surface area contributed by atoms with Crippen molar-refractivity contribution < 1.29 is 4.79 Å². The number of nitrogens with one attached hydrogen (secondary N) is 1. The number of rotatable bonds is 4. The summed E-state index contributed by atoms with van der Waals surface area (Å²) in [7, 11) is 0. The lowest BCUT2D eigenvalue weighted by Crippen LogP contribution is -2.28. The summed E-state index contributed by atoms with van der Waals surface area (Å²) in [5, 5.41) is 11.9. The Bertz CT molecular complexity index is 621. The molecule has 4 nitrogen and oxygen atoms in total. The zero-order valence-corrected chi connectivity index (χ0v) is 11.2. The average Bonchev–Trinajstić information content (AvgIpc) is 2.98. The van der Waals surface area contributed by atoms with E-state index in [2.05, 4.69) is 10.3 Å². The van der Waals surface area contributed by atoms with E-state index in [1.807, 2.05) is 49.4 Å². The Hall–Kier alpha value is -2.67. The highest BCUT2D eigenvalue weighted by Gasteiger charge is 2.14. The molecule has 0 aromatic heterocycles. The summed E-state index contributed by atoms with van der Waals surface area (Å²) in [6, 6.07) is 11.4. The lowest BCUT2D eigenvalue weighted by atomic mass is 10.1. The van der Waals surface area contributed by atoms with Crippen molar-refractivity contribution in [2.75, 3.05) is 0 Å². The zero-order valence-electron chi connectivity index (χ0n) is 11.2. The summed E-state index contributed by atoms with van der Waals surface area (Å²) in [4.78, 5) is 16.1. The van der Waals surface area contributed by atoms with Crippen molar-refractivity contribution in [3.8, 4) is 6.07 Å². The fraction of sp³-hybridized carbons (Fsp3) is 0.188. The predicted molar refractivity (Wildman–Crippen MR) is 77.9 cm³/mol. The number of nitrogens with zero attached hydrogens (tertiary/aromatic N) is 2. The van der Waals surface area contributed by atoms with Crippen LogP contribution in [0.3, 0.4) is 0 Å². The summed E-state index contributed by atoms with van der Waals surface area (Å²) in [6.07, 6.45) is 5.75. The third-order valence-corrected chi connectivity index (χ3v) is 3.00. The maximum Gasteiger partial charge on any atom is 0.262 e. The van der Waals surface area contributed by atoms with Crippen molar-refractivity contribution in [1.82, 2.24) is 5.32 Å². The van der Waals surface area contributed by atoms with Crippen molar-refractivity contribution in [3.63, 3.8) is 0 Å². The summed E-state index contributed by atoms with van der Waals surface area (Å²) in [6.45, 7) is 1.89. The van der Waals surface area contributed by atoms with Crippen LogP contribution in [-0.2, 0) is 4.79 Å². The fourth-order valence-corrected chi connectivity index (χ4v) is 1.89. The van der Waals surface area contributed by atoms with E-state index in [4.69, 9.17) is 5.26 Å². The number of amides is 1. The van der Waals surface area contributed by atoms with Crippen LogP contribution in [0.25, 0.3) is 0 Å². The van der Waals surface area contributed by atoms with Gasteiger partial charge in [0, 0.05) is 18.3 Å². The van der Waals surface area contributed by atoms with Gasteiger partial charge in [-0.15, -0.1) is 0 Å². The van der Waals surface area contributed by atoms with Crippen LogP contribution in [0.2, 0.25) is 0 Å². The van der Waals surface area contributed by atoms with Crippen LogP contribution in [0, 0.1) is 11.3 Å². The fourth-order valence-electron chi connectivity index (χ4n) is 1.89. The van der Waals surface area contributed by atoms with E-state index in [1.165, 1.54) is 6.08 Å². The summed E-state index contributed by atoms with van der Waals surface area (Å²) in [5.41, 5.74) is 1.80. The number of nitriles is 1. The topological polar surface area (TPSA) is 65.2 Å². The van der Waals surface area contributed by atoms with Gasteiger partial charge in [-0.1, -0.05) is 36.4 Å². The van der Waals surface area contributed by atoms with Crippen molar-refractivity contribution in [1.29, 1.82) is 5.26 Å². The third kappa shape index (κ3) is 3.42. The van der Waals surface area contributed by atoms with Crippen molar-refractivity contribution in [2.45, 2.75) is 19.4 Å². The largest absolute Gasteiger partial charge is 0.345 e. The molecule has 1 heterocycles. The second-order valence-electron chi connectivity index (χ2n) is 4.48. The van der Waals surface area contributed by atoms with Crippen LogP contribution in [0.4, 0.5) is 0 Å². The number of carbonyl (C=O) groups excluding carboxylic acids is 1. The molecule has 1 N–H and O–H groups in total. The third-order valence-electron chi connectivity index (χ3n) is 3.00. The van der Waals surface area contributed by atoms with E-state index in [-0.39, 0.29) is 17.5 Å². The maximum atomic E-state index is 12.1. The first-order valence-electron chi connectivity index (χ1n) is 6.40. The standard InChI is InChI=1S/C16H15N3O/c1-12(13-6-3-2-4-7-13)19-16(20)14(11-17)10-15-8-5-9-18-15/h2-7,9-10,12H,8H2,1H3,(H,19,20)/b14-10+/t12-/m0/s1. The van der Waals surface area contributed by atoms with Crippen molar-refractivity contribution in [3.05, 3.63) is 59.8 Å². The molecule has 1 aliphatic rings. The summed E-state index contributed by atoms with van der Waals surface area (Å²) < 4.78 is 0. The van der Waals surface area contributed by atoms with E-state index in [1.54, 1.807) is 6.20 Å². The van der Waals surface area contributed by atoms with Gasteiger partial charge < -0.3 is 5.32 Å². The molecule has 0 aliphatic carbocycles. The highest BCUT2D eigenvalue weighted by atomic mass is 16.1. The Labute approximate surface area is 118 Å². The molecule has 1 amide bonds. The lowest BCUT2D eigenvalue weighted by molar-refractivity contribution is -0.117. The Morgan fingerprint density at radius 1 is 1.45 bits per heavy atom. The van der Waals surface area contributed by atoms with Crippen LogP contribution in [0.15, 0.2) is 59.2 Å². The molecule has 0 saturated carbocycles. The molecular weight excluding hydrogens is 250 g/mol. The Kier molecular flexibility index (Phi) is 4.46. The van der Waals surface area contributed by atoms with Crippen LogP contribution < -0.4 is 5.32 Å². The Morgan fingerprint density at radius 2 is 2.20 bits per heavy atom. The molecule has 20 heavy (non-hydrogen) atoms. The monoisotopic (exact) mass is 265 g/mol. The van der Waals surface area contributed by atoms with Gasteiger partial charge in [-0.3, -0.25) is 9.79 Å². The number of allylic oxidation sites excluding steroid dienone is 2. The van der Waals surface area contributed by atoms with Gasteiger partial charge in [0.25, 0.3) is 5.91 Å². The number of hydrogen-bond acceptors (Lipinski definition) is 3. The van der Waals surface area contributed by atoms with Gasteiger partial charge in [0.05, 0.1) is 6.04 Å². The first kappa shape index (κ1) is 13.8. The molecule has 0 bridgehead atoms. The quantitative estimate of drug-likeness (QED) is 0.672. The van der Waals surface area contributed by atoms with Crippen LogP contribution in [0.5, 0.6) is 0 Å². The SMILES string of the molecule is C[C@H](NC(=O)/C(C#N)=C/C1=NC=CC1)c1ccccc1.